The lowest BCUT2D eigenvalue weighted by Gasteiger charge is -2.35. The Bertz CT molecular complexity index is 1690. The molecule has 0 fully saturated rings. The van der Waals surface area contributed by atoms with Gasteiger partial charge in [0.1, 0.15) is 18.3 Å². The molecule has 0 radical (unpaired) electrons. The number of nitrogens with zero attached hydrogens (tertiary/aromatic N) is 2. The Morgan fingerprint density at radius 1 is 0.822 bits per heavy atom. The minimum atomic E-state index is -4.19. The van der Waals surface area contributed by atoms with Crippen LogP contribution in [0.15, 0.2) is 114 Å². The van der Waals surface area contributed by atoms with Crippen LogP contribution in [-0.2, 0) is 32.6 Å². The van der Waals surface area contributed by atoms with Crippen LogP contribution in [0.1, 0.15) is 37.5 Å². The first-order valence-corrected chi connectivity index (χ1v) is 16.2. The first-order valence-electron chi connectivity index (χ1n) is 14.8. The molecule has 2 amide bonds. The lowest BCUT2D eigenvalue weighted by molar-refractivity contribution is -0.140. The van der Waals surface area contributed by atoms with Crippen molar-refractivity contribution in [1.29, 1.82) is 0 Å². The van der Waals surface area contributed by atoms with Crippen LogP contribution in [0.25, 0.3) is 0 Å². The molecule has 4 aromatic carbocycles. The van der Waals surface area contributed by atoms with Crippen LogP contribution in [-0.4, -0.2) is 50.4 Å². The molecule has 1 atom stereocenters. The second-order valence-electron chi connectivity index (χ2n) is 11.9. The van der Waals surface area contributed by atoms with E-state index in [1.807, 2.05) is 82.3 Å². The number of hydrogen-bond donors (Lipinski definition) is 1. The van der Waals surface area contributed by atoms with Crippen LogP contribution >= 0.6 is 0 Å². The van der Waals surface area contributed by atoms with Crippen LogP contribution in [0, 0.1) is 6.92 Å². The molecule has 0 saturated carbocycles. The maximum Gasteiger partial charge on any atom is 0.264 e. The molecule has 236 valence electrons. The molecule has 0 heterocycles. The molecule has 0 spiro atoms. The van der Waals surface area contributed by atoms with Crippen molar-refractivity contribution in [2.45, 2.75) is 57.1 Å². The Balaban J connectivity index is 1.81. The number of carbonyl (C=O) groups excluding carboxylic acids is 2. The van der Waals surface area contributed by atoms with Crippen molar-refractivity contribution in [3.63, 3.8) is 0 Å². The van der Waals surface area contributed by atoms with Gasteiger partial charge in [-0.25, -0.2) is 8.42 Å². The number of hydrogen-bond acceptors (Lipinski definition) is 5. The maximum atomic E-state index is 14.5. The molecule has 0 aliphatic rings. The highest BCUT2D eigenvalue weighted by molar-refractivity contribution is 7.92. The summed E-state index contributed by atoms with van der Waals surface area (Å²) in [4.78, 5) is 30.0. The molecule has 0 saturated heterocycles. The Kier molecular flexibility index (Phi) is 10.7. The SMILES string of the molecule is COc1ccc(S(=O)(=O)N(CC(=O)N(Cc2ccccc2C)[C@H](Cc2ccccc2)C(=O)NC(C)(C)C)c2ccccc2)cc1. The summed E-state index contributed by atoms with van der Waals surface area (Å²) in [7, 11) is -2.69. The minimum absolute atomic E-state index is 0.0109. The summed E-state index contributed by atoms with van der Waals surface area (Å²) in [6.07, 6.45) is 0.247. The first kappa shape index (κ1) is 33.3. The molecule has 45 heavy (non-hydrogen) atoms. The topological polar surface area (TPSA) is 96.0 Å². The Morgan fingerprint density at radius 2 is 1.40 bits per heavy atom. The number of carbonyl (C=O) groups is 2. The van der Waals surface area contributed by atoms with E-state index in [0.29, 0.717) is 11.4 Å². The van der Waals surface area contributed by atoms with E-state index in [0.717, 1.165) is 21.0 Å². The highest BCUT2D eigenvalue weighted by Crippen LogP contribution is 2.26. The van der Waals surface area contributed by atoms with Crippen LogP contribution in [0.2, 0.25) is 0 Å². The fraction of sp³-hybridized carbons (Fsp3) is 0.278. The number of para-hydroxylation sites is 1. The fourth-order valence-corrected chi connectivity index (χ4v) is 6.39. The van der Waals surface area contributed by atoms with Gasteiger partial charge in [0.15, 0.2) is 0 Å². The maximum absolute atomic E-state index is 14.5. The quantitative estimate of drug-likeness (QED) is 0.216. The van der Waals surface area contributed by atoms with Crippen LogP contribution in [0.5, 0.6) is 5.75 Å². The highest BCUT2D eigenvalue weighted by Gasteiger charge is 2.35. The Morgan fingerprint density at radius 3 is 1.98 bits per heavy atom. The summed E-state index contributed by atoms with van der Waals surface area (Å²) in [5, 5.41) is 3.05. The standard InChI is InChI=1S/C36H41N3O5S/c1-27-14-12-13-17-29(27)25-38(33(35(41)37-36(2,3)4)24-28-15-8-6-9-16-28)34(40)26-39(30-18-10-7-11-19-30)45(42,43)32-22-20-31(44-5)21-23-32/h6-23,33H,24-26H2,1-5H3,(H,37,41)/t33-/m1/s1. The molecule has 4 aromatic rings. The first-order chi connectivity index (χ1) is 21.4. The van der Waals surface area contributed by atoms with Crippen LogP contribution in [0.3, 0.4) is 0 Å². The number of aryl methyl sites for hydroxylation is 1. The average molecular weight is 628 g/mol. The van der Waals surface area contributed by atoms with Crippen LogP contribution in [0.4, 0.5) is 5.69 Å². The molecule has 1 N–H and O–H groups in total. The minimum Gasteiger partial charge on any atom is -0.497 e. The van der Waals surface area contributed by atoms with E-state index >= 15 is 0 Å². The van der Waals surface area contributed by atoms with Crippen molar-refractivity contribution >= 4 is 27.5 Å². The summed E-state index contributed by atoms with van der Waals surface area (Å²) >= 11 is 0. The van der Waals surface area contributed by atoms with Gasteiger partial charge in [-0.3, -0.25) is 13.9 Å². The van der Waals surface area contributed by atoms with E-state index < -0.39 is 34.1 Å². The summed E-state index contributed by atoms with van der Waals surface area (Å²) < 4.78 is 34.6. The number of amides is 2. The third-order valence-corrected chi connectivity index (χ3v) is 9.13. The van der Waals surface area contributed by atoms with Gasteiger partial charge < -0.3 is 15.0 Å². The molecule has 4 rings (SSSR count). The number of nitrogens with one attached hydrogen (secondary N) is 1. The van der Waals surface area contributed by atoms with Crippen molar-refractivity contribution < 1.29 is 22.7 Å². The van der Waals surface area contributed by atoms with Crippen molar-refractivity contribution in [3.05, 3.63) is 126 Å². The van der Waals surface area contributed by atoms with Crippen molar-refractivity contribution in [2.75, 3.05) is 18.0 Å². The van der Waals surface area contributed by atoms with Gasteiger partial charge >= 0.3 is 0 Å². The molecule has 0 aromatic heterocycles. The van der Waals surface area contributed by atoms with Crippen molar-refractivity contribution in [2.24, 2.45) is 0 Å². The van der Waals surface area contributed by atoms with Gasteiger partial charge in [0, 0.05) is 18.5 Å². The van der Waals surface area contributed by atoms with Crippen molar-refractivity contribution in [1.82, 2.24) is 10.2 Å². The lowest BCUT2D eigenvalue weighted by Crippen LogP contribution is -2.56. The molecule has 0 bridgehead atoms. The van der Waals surface area contributed by atoms with E-state index in [1.54, 1.807) is 42.5 Å². The predicted octanol–water partition coefficient (Wildman–Crippen LogP) is 5.75. The third-order valence-electron chi connectivity index (χ3n) is 7.34. The van der Waals surface area contributed by atoms with Gasteiger partial charge in [-0.2, -0.15) is 0 Å². The number of benzene rings is 4. The van der Waals surface area contributed by atoms with E-state index in [2.05, 4.69) is 5.32 Å². The molecular formula is C36H41N3O5S. The van der Waals surface area contributed by atoms with Gasteiger partial charge in [0.25, 0.3) is 10.0 Å². The fourth-order valence-electron chi connectivity index (χ4n) is 4.98. The van der Waals surface area contributed by atoms with Gasteiger partial charge in [0.2, 0.25) is 11.8 Å². The smallest absolute Gasteiger partial charge is 0.264 e. The average Bonchev–Trinajstić information content (AvgIpc) is 3.02. The van der Waals surface area contributed by atoms with E-state index in [4.69, 9.17) is 4.74 Å². The molecule has 0 unspecified atom stereocenters. The van der Waals surface area contributed by atoms with Crippen LogP contribution < -0.4 is 14.4 Å². The molecule has 0 aliphatic heterocycles. The second-order valence-corrected chi connectivity index (χ2v) is 13.8. The van der Waals surface area contributed by atoms with Gasteiger partial charge in [-0.05, 0) is 80.8 Å². The largest absolute Gasteiger partial charge is 0.497 e. The monoisotopic (exact) mass is 627 g/mol. The Hall–Kier alpha value is -4.63. The van der Waals surface area contributed by atoms with Gasteiger partial charge in [-0.1, -0.05) is 72.8 Å². The van der Waals surface area contributed by atoms with E-state index in [1.165, 1.54) is 24.1 Å². The normalized spacial score (nSPS) is 12.2. The zero-order valence-corrected chi connectivity index (χ0v) is 27.3. The van der Waals surface area contributed by atoms with E-state index in [-0.39, 0.29) is 23.8 Å². The number of anilines is 1. The number of methoxy groups -OCH3 is 1. The molecular weight excluding hydrogens is 586 g/mol. The zero-order chi connectivity index (χ0) is 32.6. The van der Waals surface area contributed by atoms with E-state index in [9.17, 15) is 18.0 Å². The molecule has 9 heteroatoms. The summed E-state index contributed by atoms with van der Waals surface area (Å²) in [5.41, 5.74) is 2.46. The highest BCUT2D eigenvalue weighted by atomic mass is 32.2. The molecule has 8 nitrogen and oxygen atoms in total. The Labute approximate surface area is 266 Å². The summed E-state index contributed by atoms with van der Waals surface area (Å²) in [6.45, 7) is 7.21. The number of rotatable bonds is 12. The molecule has 0 aliphatic carbocycles. The zero-order valence-electron chi connectivity index (χ0n) is 26.4. The van der Waals surface area contributed by atoms with Crippen molar-refractivity contribution in [3.8, 4) is 5.75 Å². The number of ether oxygens (including phenoxy) is 1. The second kappa shape index (κ2) is 14.4. The third kappa shape index (κ3) is 8.73. The van der Waals surface area contributed by atoms with Gasteiger partial charge in [-0.15, -0.1) is 0 Å². The van der Waals surface area contributed by atoms with Gasteiger partial charge in [0.05, 0.1) is 17.7 Å². The lowest BCUT2D eigenvalue weighted by atomic mass is 10.00. The number of sulfonamides is 1. The summed E-state index contributed by atoms with van der Waals surface area (Å²) in [6, 6.07) is 30.8. The predicted molar refractivity (Wildman–Crippen MR) is 178 cm³/mol. The summed E-state index contributed by atoms with van der Waals surface area (Å²) in [5.74, 6) is -0.323.